The Kier molecular flexibility index (Phi) is 7.55. The second kappa shape index (κ2) is 9.67. The second-order valence-corrected chi connectivity index (χ2v) is 6.80. The van der Waals surface area contributed by atoms with E-state index < -0.39 is 28.7 Å². The first kappa shape index (κ1) is 21.9. The lowest BCUT2D eigenvalue weighted by Crippen LogP contribution is -2.24. The van der Waals surface area contributed by atoms with Crippen LogP contribution in [0, 0.1) is 10.1 Å². The summed E-state index contributed by atoms with van der Waals surface area (Å²) < 4.78 is 19.0. The molecule has 0 N–H and O–H groups in total. The summed E-state index contributed by atoms with van der Waals surface area (Å²) in [4.78, 5) is 34.3. The number of nitro benzene ring substituents is 1. The van der Waals surface area contributed by atoms with Gasteiger partial charge in [-0.25, -0.2) is 9.59 Å². The molecule has 0 aliphatic heterocycles. The largest absolute Gasteiger partial charge is 0.483 e. The third-order valence-electron chi connectivity index (χ3n) is 3.51. The van der Waals surface area contributed by atoms with E-state index >= 15 is 0 Å². The predicted molar refractivity (Wildman–Crippen MR) is 102 cm³/mol. The van der Waals surface area contributed by atoms with Crippen molar-refractivity contribution in [3.8, 4) is 5.75 Å². The average Bonchev–Trinajstić information content (AvgIpc) is 3.02. The van der Waals surface area contributed by atoms with Crippen LogP contribution < -0.4 is 4.74 Å². The van der Waals surface area contributed by atoms with Crippen molar-refractivity contribution in [2.24, 2.45) is 0 Å². The molecule has 150 valence electrons. The Morgan fingerprint density at radius 3 is 2.57 bits per heavy atom. The molecule has 0 radical (unpaired) electrons. The maximum atomic E-state index is 12.2. The molecule has 1 heterocycles. The van der Waals surface area contributed by atoms with Gasteiger partial charge in [-0.05, 0) is 30.1 Å². The van der Waals surface area contributed by atoms with Crippen molar-refractivity contribution in [3.05, 3.63) is 48.9 Å². The quantitative estimate of drug-likeness (QED) is 0.335. The predicted octanol–water partition coefficient (Wildman–Crippen LogP) is 4.16. The van der Waals surface area contributed by atoms with Crippen molar-refractivity contribution in [1.29, 1.82) is 0 Å². The molecule has 12 heteroatoms. The van der Waals surface area contributed by atoms with Crippen molar-refractivity contribution in [3.63, 3.8) is 0 Å². The summed E-state index contributed by atoms with van der Waals surface area (Å²) >= 11 is 12.4. The van der Waals surface area contributed by atoms with Gasteiger partial charge in [0, 0.05) is 6.07 Å². The number of nitro groups is 1. The van der Waals surface area contributed by atoms with Crippen molar-refractivity contribution >= 4 is 52.4 Å². The fourth-order valence-corrected chi connectivity index (χ4v) is 3.13. The fourth-order valence-electron chi connectivity index (χ4n) is 2.04. The van der Waals surface area contributed by atoms with Crippen LogP contribution in [0.15, 0.2) is 18.2 Å². The fraction of sp³-hybridized carbons (Fsp3) is 0.312. The van der Waals surface area contributed by atoms with E-state index in [0.29, 0.717) is 6.42 Å². The molecule has 1 aromatic carbocycles. The van der Waals surface area contributed by atoms with Crippen LogP contribution in [-0.4, -0.2) is 41.1 Å². The van der Waals surface area contributed by atoms with Gasteiger partial charge in [0.05, 0.1) is 17.6 Å². The van der Waals surface area contributed by atoms with Gasteiger partial charge in [-0.1, -0.05) is 30.1 Å². The molecule has 9 nitrogen and oxygen atoms in total. The van der Waals surface area contributed by atoms with Crippen LogP contribution in [0.25, 0.3) is 0 Å². The minimum Gasteiger partial charge on any atom is -0.483 e. The SMILES string of the molecule is CCC(COc1ccc(C(=O)OC)cc1[N+](=O)[O-])OC(=O)c1snc(Cl)c1Cl. The lowest BCUT2D eigenvalue weighted by molar-refractivity contribution is -0.386. The number of aromatic nitrogens is 1. The van der Waals surface area contributed by atoms with Gasteiger partial charge in [0.15, 0.2) is 15.8 Å². The van der Waals surface area contributed by atoms with Gasteiger partial charge in [0.25, 0.3) is 0 Å². The number of halogens is 2. The number of rotatable bonds is 8. The molecule has 1 unspecified atom stereocenters. The van der Waals surface area contributed by atoms with Crippen molar-refractivity contribution < 1.29 is 28.7 Å². The topological polar surface area (TPSA) is 118 Å². The monoisotopic (exact) mass is 448 g/mol. The van der Waals surface area contributed by atoms with E-state index in [1.54, 1.807) is 6.92 Å². The van der Waals surface area contributed by atoms with Gasteiger partial charge < -0.3 is 14.2 Å². The molecular weight excluding hydrogens is 435 g/mol. The lowest BCUT2D eigenvalue weighted by Gasteiger charge is -2.16. The highest BCUT2D eigenvalue weighted by Crippen LogP contribution is 2.30. The molecule has 0 aliphatic rings. The summed E-state index contributed by atoms with van der Waals surface area (Å²) in [6.45, 7) is 1.60. The molecule has 0 bridgehead atoms. The molecule has 0 amide bonds. The van der Waals surface area contributed by atoms with E-state index in [0.717, 1.165) is 17.6 Å². The summed E-state index contributed by atoms with van der Waals surface area (Å²) in [7, 11) is 1.17. The molecule has 28 heavy (non-hydrogen) atoms. The third kappa shape index (κ3) is 5.09. The van der Waals surface area contributed by atoms with Crippen molar-refractivity contribution in [1.82, 2.24) is 4.37 Å². The number of hydrogen-bond donors (Lipinski definition) is 0. The smallest absolute Gasteiger partial charge is 0.351 e. The summed E-state index contributed by atoms with van der Waals surface area (Å²) in [6, 6.07) is 3.66. The van der Waals surface area contributed by atoms with Gasteiger partial charge in [-0.3, -0.25) is 10.1 Å². The standard InChI is InChI=1S/C16H14Cl2N2O7S/c1-3-9(27-16(22)13-12(17)14(18)19-28-13)7-26-11-5-4-8(15(21)25-2)6-10(11)20(23)24/h4-6,9H,3,7H2,1-2H3. The minimum absolute atomic E-state index is 0.00137. The van der Waals surface area contributed by atoms with E-state index in [2.05, 4.69) is 9.11 Å². The Hall–Kier alpha value is -2.43. The van der Waals surface area contributed by atoms with Crippen LogP contribution in [-0.2, 0) is 9.47 Å². The number of methoxy groups -OCH3 is 1. The Labute approximate surface area is 173 Å². The molecular formula is C16H14Cl2N2O7S. The van der Waals surface area contributed by atoms with Gasteiger partial charge in [-0.2, -0.15) is 4.37 Å². The normalized spacial score (nSPS) is 11.6. The molecule has 1 atom stereocenters. The van der Waals surface area contributed by atoms with E-state index in [9.17, 15) is 19.7 Å². The molecule has 2 aromatic rings. The van der Waals surface area contributed by atoms with Gasteiger partial charge in [0.2, 0.25) is 0 Å². The molecule has 0 saturated heterocycles. The van der Waals surface area contributed by atoms with Crippen LogP contribution in [0.2, 0.25) is 10.2 Å². The molecule has 0 spiro atoms. The van der Waals surface area contributed by atoms with E-state index in [1.807, 2.05) is 0 Å². The zero-order valence-electron chi connectivity index (χ0n) is 14.6. The van der Waals surface area contributed by atoms with Crippen LogP contribution in [0.5, 0.6) is 5.75 Å². The first-order chi connectivity index (χ1) is 13.3. The molecule has 0 aliphatic carbocycles. The zero-order valence-corrected chi connectivity index (χ0v) is 17.0. The Morgan fingerprint density at radius 2 is 2.04 bits per heavy atom. The first-order valence-corrected chi connectivity index (χ1v) is 9.32. The number of benzene rings is 1. The highest BCUT2D eigenvalue weighted by Gasteiger charge is 2.24. The Morgan fingerprint density at radius 1 is 1.32 bits per heavy atom. The van der Waals surface area contributed by atoms with Crippen LogP contribution in [0.1, 0.15) is 33.4 Å². The second-order valence-electron chi connectivity index (χ2n) is 5.29. The molecule has 1 aromatic heterocycles. The highest BCUT2D eigenvalue weighted by molar-refractivity contribution is 7.09. The third-order valence-corrected chi connectivity index (χ3v) is 5.29. The molecule has 0 fully saturated rings. The number of ether oxygens (including phenoxy) is 3. The van der Waals surface area contributed by atoms with E-state index in [-0.39, 0.29) is 33.0 Å². The summed E-state index contributed by atoms with van der Waals surface area (Å²) in [5.41, 5.74) is -0.405. The van der Waals surface area contributed by atoms with Crippen molar-refractivity contribution in [2.45, 2.75) is 19.4 Å². The summed E-state index contributed by atoms with van der Waals surface area (Å²) in [6.07, 6.45) is -0.325. The number of carbonyl (C=O) groups is 2. The maximum absolute atomic E-state index is 12.2. The number of hydrogen-bond acceptors (Lipinski definition) is 9. The molecule has 2 rings (SSSR count). The Balaban J connectivity index is 2.10. The lowest BCUT2D eigenvalue weighted by atomic mass is 10.2. The zero-order chi connectivity index (χ0) is 20.8. The van der Waals surface area contributed by atoms with Gasteiger partial charge >= 0.3 is 17.6 Å². The number of nitrogens with zero attached hydrogens (tertiary/aromatic N) is 2. The minimum atomic E-state index is -0.722. The van der Waals surface area contributed by atoms with Crippen LogP contribution >= 0.6 is 34.7 Å². The number of carbonyl (C=O) groups excluding carboxylic acids is 2. The number of esters is 2. The van der Waals surface area contributed by atoms with Crippen molar-refractivity contribution in [2.75, 3.05) is 13.7 Å². The maximum Gasteiger partial charge on any atom is 0.351 e. The highest BCUT2D eigenvalue weighted by atomic mass is 35.5. The first-order valence-electron chi connectivity index (χ1n) is 7.79. The van der Waals surface area contributed by atoms with Gasteiger partial charge in [0.1, 0.15) is 17.7 Å². The van der Waals surface area contributed by atoms with E-state index in [4.69, 9.17) is 32.7 Å². The summed E-state index contributed by atoms with van der Waals surface area (Å²) in [5, 5.41) is 11.3. The average molecular weight is 449 g/mol. The van der Waals surface area contributed by atoms with E-state index in [1.165, 1.54) is 19.2 Å². The van der Waals surface area contributed by atoms with Crippen LogP contribution in [0.3, 0.4) is 0 Å². The van der Waals surface area contributed by atoms with Crippen LogP contribution in [0.4, 0.5) is 5.69 Å². The summed E-state index contributed by atoms with van der Waals surface area (Å²) in [5.74, 6) is -1.51. The Bertz CT molecular complexity index is 903. The molecule has 0 saturated carbocycles. The van der Waals surface area contributed by atoms with Gasteiger partial charge in [-0.15, -0.1) is 0 Å².